The van der Waals surface area contributed by atoms with Crippen LogP contribution >= 0.6 is 11.6 Å². The van der Waals surface area contributed by atoms with Crippen LogP contribution in [0.25, 0.3) is 0 Å². The van der Waals surface area contributed by atoms with Crippen LogP contribution < -0.4 is 10.6 Å². The van der Waals surface area contributed by atoms with Crippen molar-refractivity contribution in [2.45, 2.75) is 31.2 Å². The van der Waals surface area contributed by atoms with E-state index >= 15 is 0 Å². The maximum Gasteiger partial charge on any atom is 0.410 e. The highest BCUT2D eigenvalue weighted by Gasteiger charge is 2.46. The van der Waals surface area contributed by atoms with Crippen LogP contribution in [-0.2, 0) is 6.54 Å². The van der Waals surface area contributed by atoms with E-state index in [0.717, 1.165) is 4.68 Å². The molecule has 0 bridgehead atoms. The number of carbonyl (C=O) groups is 1. The fraction of sp³-hybridized carbons (Fsp3) is 0.238. The lowest BCUT2D eigenvalue weighted by molar-refractivity contribution is -0.173. The molecule has 1 aliphatic rings. The Morgan fingerprint density at radius 1 is 1.16 bits per heavy atom. The van der Waals surface area contributed by atoms with Crippen LogP contribution in [-0.4, -0.2) is 21.9 Å². The molecule has 1 aliphatic heterocycles. The maximum absolute atomic E-state index is 13.7. The predicted octanol–water partition coefficient (Wildman–Crippen LogP) is 5.27. The number of halogens is 5. The molecule has 1 aromatic heterocycles. The van der Waals surface area contributed by atoms with Crippen LogP contribution in [0.3, 0.4) is 0 Å². The van der Waals surface area contributed by atoms with Crippen molar-refractivity contribution in [3.63, 3.8) is 0 Å². The molecule has 2 atom stereocenters. The third-order valence-electron chi connectivity index (χ3n) is 5.06. The summed E-state index contributed by atoms with van der Waals surface area (Å²) in [4.78, 5) is 12.5. The van der Waals surface area contributed by atoms with Gasteiger partial charge in [0, 0.05) is 24.1 Å². The SMILES string of the molecule is O=C(NCc1ccc(F)cc1)c1cc2n(n1)[C@@H](C(F)(F)F)C[C@@H](c1ccc(Cl)cc1)N2. The number of hydrogen-bond donors (Lipinski definition) is 2. The second kappa shape index (κ2) is 8.22. The molecule has 1 amide bonds. The van der Waals surface area contributed by atoms with Crippen molar-refractivity contribution in [3.8, 4) is 0 Å². The number of anilines is 1. The zero-order chi connectivity index (χ0) is 22.2. The zero-order valence-corrected chi connectivity index (χ0v) is 16.7. The Kier molecular flexibility index (Phi) is 5.62. The smallest absolute Gasteiger partial charge is 0.363 e. The first-order valence-corrected chi connectivity index (χ1v) is 9.79. The molecule has 0 fully saturated rings. The number of benzene rings is 2. The molecule has 162 valence electrons. The Morgan fingerprint density at radius 3 is 2.48 bits per heavy atom. The second-order valence-corrected chi connectivity index (χ2v) is 7.65. The number of rotatable bonds is 4. The third-order valence-corrected chi connectivity index (χ3v) is 5.31. The van der Waals surface area contributed by atoms with E-state index < -0.39 is 30.0 Å². The largest absolute Gasteiger partial charge is 0.410 e. The molecule has 0 saturated heterocycles. The number of fused-ring (bicyclic) bond motifs is 1. The highest BCUT2D eigenvalue weighted by atomic mass is 35.5. The van der Waals surface area contributed by atoms with Crippen molar-refractivity contribution in [2.24, 2.45) is 0 Å². The van der Waals surface area contributed by atoms with Crippen LogP contribution in [0.4, 0.5) is 23.4 Å². The van der Waals surface area contributed by atoms with Crippen molar-refractivity contribution in [1.29, 1.82) is 0 Å². The van der Waals surface area contributed by atoms with Gasteiger partial charge in [-0.2, -0.15) is 18.3 Å². The molecule has 0 unspecified atom stereocenters. The standard InChI is InChI=1S/C21H17ClF4N4O/c22-14-5-3-13(4-6-14)16-9-18(21(24,25)26)30-19(28-16)10-17(29-30)20(31)27-11-12-1-7-15(23)8-2-12/h1-8,10,16,18,28H,9,11H2,(H,27,31)/t16-,18+/m0/s1. The Labute approximate surface area is 180 Å². The van der Waals surface area contributed by atoms with Gasteiger partial charge < -0.3 is 10.6 Å². The van der Waals surface area contributed by atoms with Gasteiger partial charge in [-0.3, -0.25) is 4.79 Å². The van der Waals surface area contributed by atoms with E-state index in [1.54, 1.807) is 24.3 Å². The van der Waals surface area contributed by atoms with Crippen LogP contribution in [0.15, 0.2) is 54.6 Å². The molecular weight excluding hydrogens is 436 g/mol. The normalized spacial score (nSPS) is 18.2. The summed E-state index contributed by atoms with van der Waals surface area (Å²) in [7, 11) is 0. The number of alkyl halides is 3. The molecule has 0 saturated carbocycles. The van der Waals surface area contributed by atoms with Crippen molar-refractivity contribution in [2.75, 3.05) is 5.32 Å². The molecule has 3 aromatic rings. The molecule has 0 spiro atoms. The van der Waals surface area contributed by atoms with Crippen LogP contribution in [0.2, 0.25) is 5.02 Å². The van der Waals surface area contributed by atoms with Gasteiger partial charge in [0.15, 0.2) is 11.7 Å². The van der Waals surface area contributed by atoms with E-state index in [0.29, 0.717) is 16.1 Å². The maximum atomic E-state index is 13.7. The zero-order valence-electron chi connectivity index (χ0n) is 16.0. The van der Waals surface area contributed by atoms with Crippen molar-refractivity contribution >= 4 is 23.3 Å². The van der Waals surface area contributed by atoms with Crippen molar-refractivity contribution in [1.82, 2.24) is 15.1 Å². The van der Waals surface area contributed by atoms with Gasteiger partial charge in [0.2, 0.25) is 0 Å². The van der Waals surface area contributed by atoms with Crippen LogP contribution in [0.5, 0.6) is 0 Å². The van der Waals surface area contributed by atoms with Gasteiger partial charge >= 0.3 is 6.18 Å². The number of nitrogens with zero attached hydrogens (tertiary/aromatic N) is 2. The average Bonchev–Trinajstić information content (AvgIpc) is 3.16. The lowest BCUT2D eigenvalue weighted by Gasteiger charge is -2.33. The molecule has 0 radical (unpaired) electrons. The predicted molar refractivity (Wildman–Crippen MR) is 107 cm³/mol. The molecule has 31 heavy (non-hydrogen) atoms. The lowest BCUT2D eigenvalue weighted by Crippen LogP contribution is -2.35. The molecule has 4 rings (SSSR count). The first-order valence-electron chi connectivity index (χ1n) is 9.41. The van der Waals surface area contributed by atoms with E-state index in [9.17, 15) is 22.4 Å². The summed E-state index contributed by atoms with van der Waals surface area (Å²) in [5.74, 6) is -0.936. The number of hydrogen-bond acceptors (Lipinski definition) is 3. The van der Waals surface area contributed by atoms with Gasteiger partial charge in [0.05, 0.1) is 6.04 Å². The highest BCUT2D eigenvalue weighted by Crippen LogP contribution is 2.43. The fourth-order valence-electron chi connectivity index (χ4n) is 3.47. The minimum absolute atomic E-state index is 0.0881. The average molecular weight is 453 g/mol. The summed E-state index contributed by atoms with van der Waals surface area (Å²) in [6, 6.07) is 10.9. The van der Waals surface area contributed by atoms with Gasteiger partial charge in [-0.05, 0) is 35.4 Å². The van der Waals surface area contributed by atoms with Gasteiger partial charge in [-0.15, -0.1) is 0 Å². The minimum atomic E-state index is -4.55. The highest BCUT2D eigenvalue weighted by molar-refractivity contribution is 6.30. The molecule has 2 heterocycles. The summed E-state index contributed by atoms with van der Waals surface area (Å²) in [6.45, 7) is 0.0881. The summed E-state index contributed by atoms with van der Waals surface area (Å²) in [5, 5.41) is 10.0. The van der Waals surface area contributed by atoms with Crippen molar-refractivity contribution in [3.05, 3.63) is 82.3 Å². The Balaban J connectivity index is 1.56. The van der Waals surface area contributed by atoms with E-state index in [1.165, 1.54) is 30.3 Å². The molecule has 10 heteroatoms. The Hall–Kier alpha value is -3.07. The molecule has 2 N–H and O–H groups in total. The molecule has 5 nitrogen and oxygen atoms in total. The monoisotopic (exact) mass is 452 g/mol. The quantitative estimate of drug-likeness (QED) is 0.530. The third kappa shape index (κ3) is 4.66. The number of aromatic nitrogens is 2. The Morgan fingerprint density at radius 2 is 1.84 bits per heavy atom. The van der Waals surface area contributed by atoms with E-state index in [1.807, 2.05) is 0 Å². The molecule has 0 aliphatic carbocycles. The van der Waals surface area contributed by atoms with E-state index in [4.69, 9.17) is 11.6 Å². The topological polar surface area (TPSA) is 59.0 Å². The number of carbonyl (C=O) groups excluding carboxylic acids is 1. The van der Waals surface area contributed by atoms with Crippen molar-refractivity contribution < 1.29 is 22.4 Å². The fourth-order valence-corrected chi connectivity index (χ4v) is 3.60. The minimum Gasteiger partial charge on any atom is -0.363 e. The van der Waals surface area contributed by atoms with Crippen LogP contribution in [0, 0.1) is 5.82 Å². The first-order chi connectivity index (χ1) is 14.7. The van der Waals surface area contributed by atoms with E-state index in [-0.39, 0.29) is 24.5 Å². The summed E-state index contributed by atoms with van der Waals surface area (Å²) < 4.78 is 55.0. The molecular formula is C21H17ClF4N4O. The summed E-state index contributed by atoms with van der Waals surface area (Å²) >= 11 is 5.88. The van der Waals surface area contributed by atoms with Gasteiger partial charge in [0.25, 0.3) is 5.91 Å². The van der Waals surface area contributed by atoms with Crippen LogP contribution in [0.1, 0.15) is 40.1 Å². The summed E-state index contributed by atoms with van der Waals surface area (Å²) in [6.07, 6.45) is -4.83. The van der Waals surface area contributed by atoms with Gasteiger partial charge in [-0.25, -0.2) is 9.07 Å². The van der Waals surface area contributed by atoms with E-state index in [2.05, 4.69) is 15.7 Å². The van der Waals surface area contributed by atoms with Gasteiger partial charge in [0.1, 0.15) is 11.6 Å². The Bertz CT molecular complexity index is 1080. The number of nitrogens with one attached hydrogen (secondary N) is 2. The number of amides is 1. The molecule has 2 aromatic carbocycles. The second-order valence-electron chi connectivity index (χ2n) is 7.21. The summed E-state index contributed by atoms with van der Waals surface area (Å²) in [5.41, 5.74) is 1.15. The lowest BCUT2D eigenvalue weighted by atomic mass is 9.97. The first kappa shape index (κ1) is 21.2. The van der Waals surface area contributed by atoms with Gasteiger partial charge in [-0.1, -0.05) is 35.9 Å².